The van der Waals surface area contributed by atoms with E-state index in [4.69, 9.17) is 9.47 Å². The molecule has 0 bridgehead atoms. The third-order valence-corrected chi connectivity index (χ3v) is 5.91. The fraction of sp³-hybridized carbons (Fsp3) is 0.842. The quantitative estimate of drug-likeness (QED) is 0.289. The van der Waals surface area contributed by atoms with E-state index in [9.17, 15) is 35.4 Å². The molecule has 0 spiro atoms. The number of carbonyl (C=O) groups is 1. The lowest BCUT2D eigenvalue weighted by molar-refractivity contribution is -0.309. The van der Waals surface area contributed by atoms with Crippen LogP contribution in [0.2, 0.25) is 0 Å². The normalized spacial score (nSPS) is 42.7. The second kappa shape index (κ2) is 8.85. The Balaban J connectivity index is 2.14. The van der Waals surface area contributed by atoms with Gasteiger partial charge in [-0.05, 0) is 5.92 Å². The van der Waals surface area contributed by atoms with Gasteiger partial charge in [0.2, 0.25) is 0 Å². The van der Waals surface area contributed by atoms with Crippen molar-refractivity contribution < 1.29 is 44.9 Å². The number of aliphatic hydroxyl groups excluding tert-OH is 5. The first-order chi connectivity index (χ1) is 13.0. The average molecular weight is 404 g/mol. The third-order valence-electron chi connectivity index (χ3n) is 5.91. The van der Waals surface area contributed by atoms with Crippen LogP contribution in [-0.2, 0) is 14.3 Å². The summed E-state index contributed by atoms with van der Waals surface area (Å²) in [6, 6.07) is 0. The Morgan fingerprint density at radius 1 is 1.21 bits per heavy atom. The van der Waals surface area contributed by atoms with Crippen LogP contribution in [0.4, 0.5) is 0 Å². The number of carbonyl (C=O) groups excluding carboxylic acids is 1. The third kappa shape index (κ3) is 4.47. The second-order valence-electron chi connectivity index (χ2n) is 8.44. The van der Waals surface area contributed by atoms with Crippen LogP contribution < -0.4 is 0 Å². The molecule has 2 aliphatic rings. The molecule has 0 aromatic rings. The van der Waals surface area contributed by atoms with Gasteiger partial charge in [-0.3, -0.25) is 4.79 Å². The Kier molecular flexibility index (Phi) is 7.38. The number of ether oxygens (including phenoxy) is 2. The Labute approximate surface area is 164 Å². The van der Waals surface area contributed by atoms with Gasteiger partial charge in [0.1, 0.15) is 36.3 Å². The summed E-state index contributed by atoms with van der Waals surface area (Å²) in [5.41, 5.74) is -2.03. The van der Waals surface area contributed by atoms with Gasteiger partial charge in [0, 0.05) is 18.3 Å². The van der Waals surface area contributed by atoms with Crippen LogP contribution in [0.5, 0.6) is 0 Å². The summed E-state index contributed by atoms with van der Waals surface area (Å²) in [7, 11) is 0. The van der Waals surface area contributed by atoms with Gasteiger partial charge in [-0.1, -0.05) is 32.9 Å². The van der Waals surface area contributed by atoms with E-state index in [0.717, 1.165) is 0 Å². The summed E-state index contributed by atoms with van der Waals surface area (Å²) in [6.07, 6.45) is -4.83. The minimum atomic E-state index is -1.59. The minimum Gasteiger partial charge on any atom is -0.394 e. The Morgan fingerprint density at radius 3 is 2.39 bits per heavy atom. The van der Waals surface area contributed by atoms with E-state index in [1.165, 1.54) is 12.2 Å². The van der Waals surface area contributed by atoms with Crippen molar-refractivity contribution in [1.82, 2.24) is 0 Å². The van der Waals surface area contributed by atoms with Crippen LogP contribution in [0.1, 0.15) is 33.6 Å². The number of hydrogen-bond acceptors (Lipinski definition) is 9. The van der Waals surface area contributed by atoms with Crippen molar-refractivity contribution in [2.24, 2.45) is 11.3 Å². The fourth-order valence-electron chi connectivity index (χ4n) is 4.02. The molecule has 0 amide bonds. The highest BCUT2D eigenvalue weighted by Gasteiger charge is 2.51. The summed E-state index contributed by atoms with van der Waals surface area (Å²) in [4.78, 5) is 11.9. The van der Waals surface area contributed by atoms with Gasteiger partial charge in [0.25, 0.3) is 0 Å². The highest BCUT2D eigenvalue weighted by molar-refractivity contribution is 5.81. The van der Waals surface area contributed by atoms with Gasteiger partial charge in [0.15, 0.2) is 6.29 Å². The predicted octanol–water partition coefficient (Wildman–Crippen LogP) is -1.52. The molecular weight excluding hydrogens is 372 g/mol. The summed E-state index contributed by atoms with van der Waals surface area (Å²) in [6.45, 7) is 4.25. The van der Waals surface area contributed by atoms with Crippen molar-refractivity contribution in [2.45, 2.75) is 76.0 Å². The van der Waals surface area contributed by atoms with E-state index >= 15 is 0 Å². The summed E-state index contributed by atoms with van der Waals surface area (Å²) < 4.78 is 10.8. The van der Waals surface area contributed by atoms with Crippen LogP contribution in [0.25, 0.3) is 0 Å². The molecule has 0 radical (unpaired) electrons. The van der Waals surface area contributed by atoms with Gasteiger partial charge in [0.05, 0.1) is 18.8 Å². The largest absolute Gasteiger partial charge is 0.394 e. The van der Waals surface area contributed by atoms with Crippen LogP contribution in [0, 0.1) is 11.3 Å². The maximum Gasteiger partial charge on any atom is 0.187 e. The van der Waals surface area contributed by atoms with Gasteiger partial charge in [-0.15, -0.1) is 0 Å². The Bertz CT molecular complexity index is 576. The van der Waals surface area contributed by atoms with E-state index in [2.05, 4.69) is 0 Å². The molecule has 0 aromatic heterocycles. The van der Waals surface area contributed by atoms with Gasteiger partial charge >= 0.3 is 0 Å². The highest BCUT2D eigenvalue weighted by Crippen LogP contribution is 2.46. The van der Waals surface area contributed by atoms with Gasteiger partial charge in [-0.2, -0.15) is 0 Å². The molecular formula is C19H32O9. The Morgan fingerprint density at radius 2 is 1.86 bits per heavy atom. The molecule has 162 valence electrons. The Hall–Kier alpha value is -0.910. The predicted molar refractivity (Wildman–Crippen MR) is 97.0 cm³/mol. The number of hydrogen-bond donors (Lipinski definition) is 6. The lowest BCUT2D eigenvalue weighted by Crippen LogP contribution is -2.59. The van der Waals surface area contributed by atoms with Crippen LogP contribution >= 0.6 is 0 Å². The molecule has 0 aromatic carbocycles. The zero-order chi connectivity index (χ0) is 21.3. The number of ketones is 1. The molecule has 8 atom stereocenters. The van der Waals surface area contributed by atoms with Crippen LogP contribution in [0.3, 0.4) is 0 Å². The number of Topliss-reactive ketones (excluding diaryl/α,β-unsaturated/α-hetero) is 1. The molecule has 1 unspecified atom stereocenters. The molecule has 1 aliphatic carbocycles. The fourth-order valence-corrected chi connectivity index (χ4v) is 4.02. The lowest BCUT2D eigenvalue weighted by atomic mass is 9.60. The van der Waals surface area contributed by atoms with Crippen molar-refractivity contribution >= 4 is 5.78 Å². The minimum absolute atomic E-state index is 0.0758. The van der Waals surface area contributed by atoms with Gasteiger partial charge in [-0.25, -0.2) is 0 Å². The second-order valence-corrected chi connectivity index (χ2v) is 8.44. The molecule has 2 rings (SSSR count). The molecule has 2 fully saturated rings. The maximum absolute atomic E-state index is 11.9. The van der Waals surface area contributed by atoms with E-state index < -0.39 is 61.0 Å². The number of rotatable bonds is 6. The van der Waals surface area contributed by atoms with E-state index in [-0.39, 0.29) is 24.5 Å². The molecule has 9 heteroatoms. The zero-order valence-electron chi connectivity index (χ0n) is 16.4. The molecule has 1 heterocycles. The van der Waals surface area contributed by atoms with Crippen molar-refractivity contribution in [3.8, 4) is 0 Å². The van der Waals surface area contributed by atoms with Gasteiger partial charge < -0.3 is 40.1 Å². The van der Waals surface area contributed by atoms with Crippen molar-refractivity contribution in [2.75, 3.05) is 13.2 Å². The smallest absolute Gasteiger partial charge is 0.187 e. The maximum atomic E-state index is 11.9. The summed E-state index contributed by atoms with van der Waals surface area (Å²) >= 11 is 0. The van der Waals surface area contributed by atoms with Crippen molar-refractivity contribution in [1.29, 1.82) is 0 Å². The first-order valence-electron chi connectivity index (χ1n) is 9.47. The monoisotopic (exact) mass is 404 g/mol. The zero-order valence-corrected chi connectivity index (χ0v) is 16.4. The average Bonchev–Trinajstić information content (AvgIpc) is 2.62. The van der Waals surface area contributed by atoms with Crippen LogP contribution in [0.15, 0.2) is 12.2 Å². The lowest BCUT2D eigenvalue weighted by Gasteiger charge is -2.48. The molecule has 9 nitrogen and oxygen atoms in total. The number of aliphatic hydroxyl groups is 6. The first-order valence-corrected chi connectivity index (χ1v) is 9.47. The highest BCUT2D eigenvalue weighted by atomic mass is 16.7. The van der Waals surface area contributed by atoms with E-state index in [0.29, 0.717) is 0 Å². The van der Waals surface area contributed by atoms with Crippen LogP contribution in [-0.4, -0.2) is 92.0 Å². The molecule has 1 saturated carbocycles. The first kappa shape index (κ1) is 23.4. The molecule has 1 saturated heterocycles. The molecule has 6 N–H and O–H groups in total. The molecule has 28 heavy (non-hydrogen) atoms. The van der Waals surface area contributed by atoms with E-state index in [1.54, 1.807) is 20.8 Å². The SMILES string of the molecule is C[C@@H]1CC(=O)CC(C)(C)[C@@]1(O)/C=C/C(CO)O[C@@H]1O[C@H](CO)[C@@H](O)[C@H](O)[C@H]1O. The topological polar surface area (TPSA) is 157 Å². The van der Waals surface area contributed by atoms with E-state index in [1.807, 2.05) is 0 Å². The summed E-state index contributed by atoms with van der Waals surface area (Å²) in [5, 5.41) is 59.7. The molecule has 1 aliphatic heterocycles. The standard InChI is InChI=1S/C19H32O9/c1-10-6-11(22)7-18(2,3)19(10,26)5-4-12(8-20)27-17-16(25)15(24)14(23)13(9-21)28-17/h4-5,10,12-17,20-21,23-26H,6-9H2,1-3H3/b5-4+/t10-,12?,13-,14-,15+,16-,17-,19-/m1/s1. The van der Waals surface area contributed by atoms with Crippen molar-refractivity contribution in [3.63, 3.8) is 0 Å². The summed E-state index contributed by atoms with van der Waals surface area (Å²) in [5.74, 6) is -0.265. The van der Waals surface area contributed by atoms with Crippen molar-refractivity contribution in [3.05, 3.63) is 12.2 Å².